The van der Waals surface area contributed by atoms with Crippen LogP contribution in [-0.4, -0.2) is 21.4 Å². The number of H-pyrrole nitrogens is 1. The van der Waals surface area contributed by atoms with Crippen molar-refractivity contribution in [3.63, 3.8) is 0 Å². The fourth-order valence-electron chi connectivity index (χ4n) is 1.51. The van der Waals surface area contributed by atoms with Gasteiger partial charge >= 0.3 is 0 Å². The SMILES string of the molecule is C[C@H](O)CCc1cn[nH]c1C(C)(C)C. The van der Waals surface area contributed by atoms with Gasteiger partial charge in [0.05, 0.1) is 12.3 Å². The van der Waals surface area contributed by atoms with Crippen LogP contribution < -0.4 is 0 Å². The fourth-order valence-corrected chi connectivity index (χ4v) is 1.51. The van der Waals surface area contributed by atoms with Gasteiger partial charge in [0.1, 0.15) is 0 Å². The van der Waals surface area contributed by atoms with E-state index in [4.69, 9.17) is 0 Å². The smallest absolute Gasteiger partial charge is 0.0522 e. The van der Waals surface area contributed by atoms with Crippen LogP contribution in [0.1, 0.15) is 45.4 Å². The van der Waals surface area contributed by atoms with Crippen molar-refractivity contribution in [2.24, 2.45) is 0 Å². The molecule has 0 aliphatic rings. The zero-order valence-electron chi connectivity index (χ0n) is 9.46. The minimum Gasteiger partial charge on any atom is -0.393 e. The quantitative estimate of drug-likeness (QED) is 0.777. The first kappa shape index (κ1) is 11.2. The molecule has 0 fully saturated rings. The van der Waals surface area contributed by atoms with Crippen LogP contribution in [0.4, 0.5) is 0 Å². The Labute approximate surface area is 85.5 Å². The highest BCUT2D eigenvalue weighted by atomic mass is 16.3. The Morgan fingerprint density at radius 2 is 2.14 bits per heavy atom. The van der Waals surface area contributed by atoms with Crippen molar-refractivity contribution in [3.05, 3.63) is 17.5 Å². The zero-order valence-corrected chi connectivity index (χ0v) is 9.46. The average molecular weight is 196 g/mol. The first-order valence-electron chi connectivity index (χ1n) is 5.12. The van der Waals surface area contributed by atoms with Crippen molar-refractivity contribution < 1.29 is 5.11 Å². The number of nitrogens with one attached hydrogen (secondary N) is 1. The summed E-state index contributed by atoms with van der Waals surface area (Å²) in [5.74, 6) is 0. The molecule has 0 saturated carbocycles. The Kier molecular flexibility index (Phi) is 3.32. The molecular formula is C11H20N2O. The summed E-state index contributed by atoms with van der Waals surface area (Å²) in [5.41, 5.74) is 2.50. The van der Waals surface area contributed by atoms with Crippen LogP contribution in [0.2, 0.25) is 0 Å². The second-order valence-corrected chi connectivity index (χ2v) is 4.91. The standard InChI is InChI=1S/C11H20N2O/c1-8(14)5-6-9-7-12-13-10(9)11(2,3)4/h7-8,14H,5-6H2,1-4H3,(H,12,13)/t8-/m0/s1. The third-order valence-corrected chi connectivity index (χ3v) is 2.30. The number of aliphatic hydroxyl groups excluding tert-OH is 1. The summed E-state index contributed by atoms with van der Waals surface area (Å²) in [6, 6.07) is 0. The van der Waals surface area contributed by atoms with Crippen LogP contribution in [0.25, 0.3) is 0 Å². The van der Waals surface area contributed by atoms with Gasteiger partial charge in [0.25, 0.3) is 0 Å². The molecule has 0 aliphatic heterocycles. The number of nitrogens with zero attached hydrogens (tertiary/aromatic N) is 1. The Balaban J connectivity index is 2.73. The molecule has 0 saturated heterocycles. The van der Waals surface area contributed by atoms with E-state index in [-0.39, 0.29) is 11.5 Å². The van der Waals surface area contributed by atoms with Gasteiger partial charge in [-0.15, -0.1) is 0 Å². The summed E-state index contributed by atoms with van der Waals surface area (Å²) in [5, 5.41) is 16.3. The van der Waals surface area contributed by atoms with E-state index in [1.807, 2.05) is 13.1 Å². The Bertz CT molecular complexity index is 284. The molecule has 0 amide bonds. The third-order valence-electron chi connectivity index (χ3n) is 2.30. The van der Waals surface area contributed by atoms with Crippen molar-refractivity contribution >= 4 is 0 Å². The van der Waals surface area contributed by atoms with Crippen LogP contribution in [0.3, 0.4) is 0 Å². The summed E-state index contributed by atoms with van der Waals surface area (Å²) in [4.78, 5) is 0. The van der Waals surface area contributed by atoms with Crippen LogP contribution in [-0.2, 0) is 11.8 Å². The minimum atomic E-state index is -0.238. The van der Waals surface area contributed by atoms with Gasteiger partial charge in [0, 0.05) is 11.1 Å². The van der Waals surface area contributed by atoms with Crippen molar-refractivity contribution in [1.82, 2.24) is 10.2 Å². The minimum absolute atomic E-state index is 0.102. The molecule has 14 heavy (non-hydrogen) atoms. The molecule has 1 rings (SSSR count). The number of hydrogen-bond donors (Lipinski definition) is 2. The highest BCUT2D eigenvalue weighted by molar-refractivity contribution is 5.23. The number of hydrogen-bond acceptors (Lipinski definition) is 2. The van der Waals surface area contributed by atoms with E-state index in [1.54, 1.807) is 0 Å². The molecule has 1 aromatic heterocycles. The topological polar surface area (TPSA) is 48.9 Å². The molecule has 80 valence electrons. The Hall–Kier alpha value is -0.830. The van der Waals surface area contributed by atoms with E-state index >= 15 is 0 Å². The highest BCUT2D eigenvalue weighted by Crippen LogP contribution is 2.24. The van der Waals surface area contributed by atoms with Gasteiger partial charge in [-0.25, -0.2) is 0 Å². The number of aliphatic hydroxyl groups is 1. The summed E-state index contributed by atoms with van der Waals surface area (Å²) in [7, 11) is 0. The van der Waals surface area contributed by atoms with Crippen molar-refractivity contribution in [2.45, 2.75) is 52.1 Å². The Morgan fingerprint density at radius 1 is 1.50 bits per heavy atom. The van der Waals surface area contributed by atoms with E-state index in [2.05, 4.69) is 31.0 Å². The molecule has 0 unspecified atom stereocenters. The molecule has 3 heteroatoms. The lowest BCUT2D eigenvalue weighted by atomic mass is 9.88. The summed E-state index contributed by atoms with van der Waals surface area (Å²) < 4.78 is 0. The molecule has 0 radical (unpaired) electrons. The van der Waals surface area contributed by atoms with Gasteiger partial charge in [-0.1, -0.05) is 20.8 Å². The zero-order chi connectivity index (χ0) is 10.8. The molecule has 3 nitrogen and oxygen atoms in total. The summed E-state index contributed by atoms with van der Waals surface area (Å²) >= 11 is 0. The number of rotatable bonds is 3. The van der Waals surface area contributed by atoms with E-state index in [1.165, 1.54) is 11.3 Å². The second-order valence-electron chi connectivity index (χ2n) is 4.91. The van der Waals surface area contributed by atoms with Crippen molar-refractivity contribution in [3.8, 4) is 0 Å². The predicted molar refractivity (Wildman–Crippen MR) is 57.3 cm³/mol. The molecule has 1 atom stereocenters. The Morgan fingerprint density at radius 3 is 2.64 bits per heavy atom. The van der Waals surface area contributed by atoms with Gasteiger partial charge in [0.15, 0.2) is 0 Å². The maximum atomic E-state index is 9.21. The van der Waals surface area contributed by atoms with Crippen LogP contribution in [0, 0.1) is 0 Å². The lowest BCUT2D eigenvalue weighted by Gasteiger charge is -2.18. The van der Waals surface area contributed by atoms with Crippen LogP contribution >= 0.6 is 0 Å². The largest absolute Gasteiger partial charge is 0.393 e. The van der Waals surface area contributed by atoms with Crippen LogP contribution in [0.5, 0.6) is 0 Å². The van der Waals surface area contributed by atoms with E-state index < -0.39 is 0 Å². The molecule has 0 aromatic carbocycles. The number of aromatic nitrogens is 2. The van der Waals surface area contributed by atoms with Gasteiger partial charge in [-0.3, -0.25) is 5.10 Å². The number of aromatic amines is 1. The molecule has 1 heterocycles. The summed E-state index contributed by atoms with van der Waals surface area (Å²) in [6.07, 6.45) is 3.31. The monoisotopic (exact) mass is 196 g/mol. The molecular weight excluding hydrogens is 176 g/mol. The lowest BCUT2D eigenvalue weighted by Crippen LogP contribution is -2.15. The molecule has 1 aromatic rings. The average Bonchev–Trinajstić information content (AvgIpc) is 2.46. The van der Waals surface area contributed by atoms with Gasteiger partial charge in [0.2, 0.25) is 0 Å². The number of aryl methyl sites for hydroxylation is 1. The second kappa shape index (κ2) is 4.13. The first-order chi connectivity index (χ1) is 6.41. The lowest BCUT2D eigenvalue weighted by molar-refractivity contribution is 0.184. The maximum absolute atomic E-state index is 9.21. The first-order valence-corrected chi connectivity index (χ1v) is 5.12. The van der Waals surface area contributed by atoms with Gasteiger partial charge < -0.3 is 5.11 Å². The highest BCUT2D eigenvalue weighted by Gasteiger charge is 2.19. The third kappa shape index (κ3) is 2.84. The van der Waals surface area contributed by atoms with Crippen LogP contribution in [0.15, 0.2) is 6.20 Å². The van der Waals surface area contributed by atoms with Crippen molar-refractivity contribution in [2.75, 3.05) is 0 Å². The van der Waals surface area contributed by atoms with E-state index in [0.717, 1.165) is 12.8 Å². The summed E-state index contributed by atoms with van der Waals surface area (Å²) in [6.45, 7) is 8.29. The normalized spacial score (nSPS) is 14.4. The van der Waals surface area contributed by atoms with E-state index in [0.29, 0.717) is 0 Å². The van der Waals surface area contributed by atoms with Gasteiger partial charge in [-0.2, -0.15) is 5.10 Å². The predicted octanol–water partition coefficient (Wildman–Crippen LogP) is 2.02. The molecule has 0 bridgehead atoms. The molecule has 2 N–H and O–H groups in total. The maximum Gasteiger partial charge on any atom is 0.0522 e. The fraction of sp³-hybridized carbons (Fsp3) is 0.727. The van der Waals surface area contributed by atoms with E-state index in [9.17, 15) is 5.11 Å². The van der Waals surface area contributed by atoms with Gasteiger partial charge in [-0.05, 0) is 25.3 Å². The van der Waals surface area contributed by atoms with Crippen molar-refractivity contribution in [1.29, 1.82) is 0 Å². The molecule has 0 spiro atoms. The molecule has 0 aliphatic carbocycles.